The standard InChI is InChI=1S/C22H19O.C21H17O.2ClH.Zr/c1-14-11-18-12-19(21-10-9-15(2)23-21)13-20(18)22(16(14)3)17-7-5-4-6-8-17;1-14-8-10-17-12-18(20-11-9-15(2)22-20)13-19(17)21(14)16-6-4-3-5-7-16;;;/h4-13H,1-3H3;3-13H,1-2H3;2*1H;/q;;;;+2/p-2. The van der Waals surface area contributed by atoms with Crippen molar-refractivity contribution in [2.75, 3.05) is 0 Å². The summed E-state index contributed by atoms with van der Waals surface area (Å²) in [5.41, 5.74) is 17.5. The summed E-state index contributed by atoms with van der Waals surface area (Å²) in [7, 11) is 0. The van der Waals surface area contributed by atoms with Crippen LogP contribution in [-0.4, -0.2) is 0 Å². The van der Waals surface area contributed by atoms with Crippen molar-refractivity contribution in [1.29, 1.82) is 0 Å². The molecule has 8 rings (SSSR count). The van der Waals surface area contributed by atoms with E-state index in [1.165, 1.54) is 72.3 Å². The van der Waals surface area contributed by atoms with Gasteiger partial charge in [0.15, 0.2) is 0 Å². The number of furan rings is 2. The number of hydrogen-bond donors (Lipinski definition) is 0. The maximum Gasteiger partial charge on any atom is -1.00 e. The van der Waals surface area contributed by atoms with Crippen molar-refractivity contribution in [3.05, 3.63) is 165 Å². The van der Waals surface area contributed by atoms with Gasteiger partial charge in [-0.2, -0.15) is 0 Å². The summed E-state index contributed by atoms with van der Waals surface area (Å²) >= 11 is -1.31. The molecule has 6 aromatic rings. The third-order valence-electron chi connectivity index (χ3n) is 9.76. The molecule has 4 aromatic carbocycles. The molecule has 0 spiro atoms. The number of aryl methyl sites for hydroxylation is 4. The second kappa shape index (κ2) is 13.7. The third-order valence-corrected chi connectivity index (χ3v) is 14.5. The van der Waals surface area contributed by atoms with Crippen molar-refractivity contribution < 1.29 is 56.9 Å². The van der Waals surface area contributed by atoms with Crippen LogP contribution in [0, 0.1) is 34.6 Å². The minimum Gasteiger partial charge on any atom is -1.00 e. The van der Waals surface area contributed by atoms with E-state index in [4.69, 9.17) is 8.83 Å². The van der Waals surface area contributed by atoms with Gasteiger partial charge in [-0.25, -0.2) is 0 Å². The Morgan fingerprint density at radius 3 is 1.52 bits per heavy atom. The first-order chi connectivity index (χ1) is 22.4. The van der Waals surface area contributed by atoms with E-state index in [0.29, 0.717) is 7.25 Å². The van der Waals surface area contributed by atoms with Crippen LogP contribution in [0.1, 0.15) is 69.2 Å². The topological polar surface area (TPSA) is 26.3 Å². The van der Waals surface area contributed by atoms with E-state index < -0.39 is 23.2 Å². The van der Waals surface area contributed by atoms with E-state index in [0.717, 1.165) is 23.0 Å². The molecular weight excluding hydrogens is 711 g/mol. The molecular formula is C43H36Cl2O2Zr. The Kier molecular flexibility index (Phi) is 9.79. The first-order valence-corrected chi connectivity index (χ1v) is 18.9. The van der Waals surface area contributed by atoms with Crippen molar-refractivity contribution in [2.45, 2.75) is 41.9 Å². The number of rotatable bonds is 6. The van der Waals surface area contributed by atoms with Crippen LogP contribution >= 0.6 is 0 Å². The summed E-state index contributed by atoms with van der Waals surface area (Å²) in [6, 6.07) is 37.5. The van der Waals surface area contributed by atoms with E-state index in [-0.39, 0.29) is 24.8 Å². The number of allylic oxidation sites excluding steroid dienone is 2. The van der Waals surface area contributed by atoms with Gasteiger partial charge in [0.1, 0.15) is 0 Å². The summed E-state index contributed by atoms with van der Waals surface area (Å²) in [6.45, 7) is 10.9. The van der Waals surface area contributed by atoms with E-state index in [1.807, 2.05) is 13.8 Å². The monoisotopic (exact) mass is 744 g/mol. The van der Waals surface area contributed by atoms with Gasteiger partial charge in [-0.05, 0) is 0 Å². The van der Waals surface area contributed by atoms with E-state index in [9.17, 15) is 0 Å². The van der Waals surface area contributed by atoms with Crippen LogP contribution in [0.15, 0.2) is 112 Å². The van der Waals surface area contributed by atoms with Crippen molar-refractivity contribution in [3.8, 4) is 22.3 Å². The number of benzene rings is 4. The summed E-state index contributed by atoms with van der Waals surface area (Å²) in [5, 5.41) is 0. The largest absolute Gasteiger partial charge is 1.00 e. The second-order valence-electron chi connectivity index (χ2n) is 12.7. The van der Waals surface area contributed by atoms with Crippen molar-refractivity contribution in [1.82, 2.24) is 0 Å². The Morgan fingerprint density at radius 2 is 1.00 bits per heavy atom. The molecule has 0 N–H and O–H groups in total. The Labute approximate surface area is 307 Å². The molecule has 48 heavy (non-hydrogen) atoms. The normalized spacial score (nSPS) is 15.9. The predicted molar refractivity (Wildman–Crippen MR) is 186 cm³/mol. The molecule has 0 radical (unpaired) electrons. The van der Waals surface area contributed by atoms with Crippen LogP contribution < -0.4 is 24.8 Å². The van der Waals surface area contributed by atoms with Crippen LogP contribution in [0.4, 0.5) is 0 Å². The quantitative estimate of drug-likeness (QED) is 0.218. The van der Waals surface area contributed by atoms with Gasteiger partial charge in [-0.1, -0.05) is 0 Å². The molecule has 2 heterocycles. The molecule has 0 amide bonds. The molecule has 0 saturated heterocycles. The van der Waals surface area contributed by atoms with Gasteiger partial charge < -0.3 is 24.8 Å². The van der Waals surface area contributed by atoms with Gasteiger partial charge >= 0.3 is 285 Å². The van der Waals surface area contributed by atoms with Crippen LogP contribution in [0.3, 0.4) is 0 Å². The fraction of sp³-hybridized carbons (Fsp3) is 0.163. The van der Waals surface area contributed by atoms with Crippen molar-refractivity contribution in [2.24, 2.45) is 0 Å². The summed E-state index contributed by atoms with van der Waals surface area (Å²) in [6.07, 6.45) is 4.90. The van der Waals surface area contributed by atoms with Crippen LogP contribution in [-0.2, 0) is 23.2 Å². The molecule has 0 fully saturated rings. The fourth-order valence-corrected chi connectivity index (χ4v) is 12.3. The summed E-state index contributed by atoms with van der Waals surface area (Å²) < 4.78 is 13.4. The zero-order valence-electron chi connectivity index (χ0n) is 27.7. The molecule has 2 aliphatic rings. The average Bonchev–Trinajstić information content (AvgIpc) is 3.85. The van der Waals surface area contributed by atoms with E-state index in [1.54, 1.807) is 0 Å². The molecule has 0 saturated carbocycles. The molecule has 2 aromatic heterocycles. The van der Waals surface area contributed by atoms with Crippen molar-refractivity contribution >= 4 is 23.3 Å². The van der Waals surface area contributed by atoms with Gasteiger partial charge in [0.25, 0.3) is 0 Å². The van der Waals surface area contributed by atoms with Gasteiger partial charge in [0, 0.05) is 0 Å². The van der Waals surface area contributed by atoms with Gasteiger partial charge in [0.05, 0.1) is 0 Å². The minimum absolute atomic E-state index is 0. The maximum atomic E-state index is 6.40. The Balaban J connectivity index is 0.00000201. The fourth-order valence-electron chi connectivity index (χ4n) is 7.42. The van der Waals surface area contributed by atoms with E-state index >= 15 is 0 Å². The third kappa shape index (κ3) is 5.85. The first kappa shape index (κ1) is 34.3. The SMILES string of the molecule is Cc1ccc(C2=Cc3c(ccc(C)c3-c3ccccc3)[CH]2[Zr+2][CH]2C(c3ccc(C)o3)=Cc3c2cc(C)c(C)c3-c2ccccc2)o1.[Cl-].[Cl-]. The molecule has 2 unspecified atom stereocenters. The van der Waals surface area contributed by atoms with Crippen LogP contribution in [0.25, 0.3) is 45.6 Å². The smallest absolute Gasteiger partial charge is 1.00 e. The summed E-state index contributed by atoms with van der Waals surface area (Å²) in [5.74, 6) is 3.90. The first-order valence-electron chi connectivity index (χ1n) is 16.1. The second-order valence-corrected chi connectivity index (χ2v) is 16.4. The number of fused-ring (bicyclic) bond motifs is 2. The molecule has 0 aliphatic heterocycles. The molecule has 5 heteroatoms. The zero-order valence-corrected chi connectivity index (χ0v) is 31.7. The van der Waals surface area contributed by atoms with Crippen molar-refractivity contribution in [3.63, 3.8) is 0 Å². The number of halogens is 2. The molecule has 0 bridgehead atoms. The zero-order chi connectivity index (χ0) is 31.5. The number of hydrogen-bond acceptors (Lipinski definition) is 2. The molecule has 2 nitrogen and oxygen atoms in total. The molecule has 238 valence electrons. The van der Waals surface area contributed by atoms with Gasteiger partial charge in [0.2, 0.25) is 0 Å². The Bertz CT molecular complexity index is 2190. The van der Waals surface area contributed by atoms with E-state index in [2.05, 4.69) is 136 Å². The van der Waals surface area contributed by atoms with Gasteiger partial charge in [-0.3, -0.25) is 0 Å². The Hall–Kier alpha value is -3.62. The maximum absolute atomic E-state index is 6.40. The predicted octanol–water partition coefficient (Wildman–Crippen LogP) is 5.73. The Morgan fingerprint density at radius 1 is 0.500 bits per heavy atom. The van der Waals surface area contributed by atoms with Crippen LogP contribution in [0.5, 0.6) is 0 Å². The minimum atomic E-state index is -1.31. The molecule has 2 atom stereocenters. The average molecular weight is 747 g/mol. The van der Waals surface area contributed by atoms with Crippen LogP contribution in [0.2, 0.25) is 0 Å². The van der Waals surface area contributed by atoms with Gasteiger partial charge in [-0.15, -0.1) is 0 Å². The summed E-state index contributed by atoms with van der Waals surface area (Å²) in [4.78, 5) is 0. The molecule has 2 aliphatic carbocycles.